The second-order valence-electron chi connectivity index (χ2n) is 5.98. The lowest BCUT2D eigenvalue weighted by molar-refractivity contribution is 0.191. The van der Waals surface area contributed by atoms with Crippen LogP contribution in [-0.4, -0.2) is 21.4 Å². The molecule has 3 aromatic rings. The maximum Gasteiger partial charge on any atom is 0.321 e. The molecule has 24 heavy (non-hydrogen) atoms. The van der Waals surface area contributed by atoms with Gasteiger partial charge in [0.2, 0.25) is 0 Å². The fraction of sp³-hybridized carbons (Fsp3) is 0.263. The van der Waals surface area contributed by atoms with E-state index in [0.717, 1.165) is 25.3 Å². The summed E-state index contributed by atoms with van der Waals surface area (Å²) in [5.74, 6) is 0.777. The lowest BCUT2D eigenvalue weighted by Gasteiger charge is -2.33. The van der Waals surface area contributed by atoms with Gasteiger partial charge in [0.15, 0.2) is 0 Å². The first-order valence-corrected chi connectivity index (χ1v) is 9.02. The zero-order valence-corrected chi connectivity index (χ0v) is 14.4. The number of hydrogen-bond acceptors (Lipinski definition) is 5. The Morgan fingerprint density at radius 3 is 2.96 bits per heavy atom. The highest BCUT2D eigenvalue weighted by Gasteiger charge is 2.24. The second kappa shape index (κ2) is 6.71. The number of fused-ring (bicyclic) bond motifs is 1. The average Bonchev–Trinajstić information content (AvgIpc) is 3.08. The fourth-order valence-electron chi connectivity index (χ4n) is 3.16. The minimum Gasteiger partial charge on any atom is -0.424 e. The maximum absolute atomic E-state index is 5.74. The highest BCUT2D eigenvalue weighted by molar-refractivity contribution is 7.10. The molecule has 0 bridgehead atoms. The maximum atomic E-state index is 5.74. The van der Waals surface area contributed by atoms with Gasteiger partial charge < -0.3 is 4.74 Å². The first-order chi connectivity index (χ1) is 11.8. The molecule has 0 aliphatic carbocycles. The molecule has 1 aliphatic heterocycles. The highest BCUT2D eigenvalue weighted by atomic mass is 32.1. The van der Waals surface area contributed by atoms with E-state index in [2.05, 4.69) is 45.4 Å². The van der Waals surface area contributed by atoms with E-state index in [1.165, 1.54) is 16.0 Å². The first kappa shape index (κ1) is 15.3. The predicted octanol–water partition coefficient (Wildman–Crippen LogP) is 4.45. The van der Waals surface area contributed by atoms with Crippen LogP contribution in [0.2, 0.25) is 0 Å². The largest absolute Gasteiger partial charge is 0.424 e. The number of nitrogens with zero attached hydrogens (tertiary/aromatic N) is 3. The normalized spacial score (nSPS) is 17.5. The van der Waals surface area contributed by atoms with Crippen LogP contribution < -0.4 is 4.74 Å². The summed E-state index contributed by atoms with van der Waals surface area (Å²) in [6.45, 7) is 4.31. The van der Waals surface area contributed by atoms with Crippen LogP contribution >= 0.6 is 11.3 Å². The van der Waals surface area contributed by atoms with Gasteiger partial charge in [0.1, 0.15) is 5.75 Å². The molecule has 0 spiro atoms. The summed E-state index contributed by atoms with van der Waals surface area (Å²) >= 11 is 1.88. The molecule has 1 aliphatic rings. The van der Waals surface area contributed by atoms with E-state index in [1.807, 2.05) is 23.5 Å². The molecule has 1 aromatic carbocycles. The number of thiophene rings is 1. The van der Waals surface area contributed by atoms with Crippen molar-refractivity contribution in [3.8, 4) is 11.8 Å². The molecular formula is C19H19N3OS. The van der Waals surface area contributed by atoms with Crippen molar-refractivity contribution >= 4 is 11.3 Å². The quantitative estimate of drug-likeness (QED) is 0.705. The van der Waals surface area contributed by atoms with E-state index >= 15 is 0 Å². The molecule has 0 amide bonds. The summed E-state index contributed by atoms with van der Waals surface area (Å²) in [7, 11) is 0. The monoisotopic (exact) mass is 337 g/mol. The Balaban J connectivity index is 1.48. The highest BCUT2D eigenvalue weighted by Crippen LogP contribution is 2.34. The zero-order valence-electron chi connectivity index (χ0n) is 13.6. The summed E-state index contributed by atoms with van der Waals surface area (Å²) in [4.78, 5) is 12.3. The number of aromatic nitrogens is 2. The van der Waals surface area contributed by atoms with Crippen LogP contribution in [0.1, 0.15) is 29.0 Å². The number of hydrogen-bond donors (Lipinski definition) is 0. The molecule has 4 rings (SSSR count). The summed E-state index contributed by atoms with van der Waals surface area (Å²) < 4.78 is 5.74. The molecule has 0 radical (unpaired) electrons. The number of rotatable bonds is 4. The lowest BCUT2D eigenvalue weighted by Crippen LogP contribution is -2.32. The van der Waals surface area contributed by atoms with Gasteiger partial charge in [0, 0.05) is 36.4 Å². The SMILES string of the molecule is C[C@@H]1c2ccsc2CCN1Cc1cccc(Oc2ncccn2)c1. The third-order valence-electron chi connectivity index (χ3n) is 4.44. The van der Waals surface area contributed by atoms with E-state index in [0.29, 0.717) is 12.1 Å². The molecular weight excluding hydrogens is 318 g/mol. The van der Waals surface area contributed by atoms with Crippen LogP contribution in [0.3, 0.4) is 0 Å². The topological polar surface area (TPSA) is 38.2 Å². The summed E-state index contributed by atoms with van der Waals surface area (Å²) in [6.07, 6.45) is 4.51. The van der Waals surface area contributed by atoms with E-state index in [-0.39, 0.29) is 0 Å². The zero-order chi connectivity index (χ0) is 16.4. The van der Waals surface area contributed by atoms with Crippen molar-refractivity contribution in [2.75, 3.05) is 6.54 Å². The first-order valence-electron chi connectivity index (χ1n) is 8.14. The van der Waals surface area contributed by atoms with Gasteiger partial charge in [0.05, 0.1) is 0 Å². The van der Waals surface area contributed by atoms with Crippen molar-refractivity contribution < 1.29 is 4.74 Å². The summed E-state index contributed by atoms with van der Waals surface area (Å²) in [6, 6.07) is 13.1. The van der Waals surface area contributed by atoms with E-state index < -0.39 is 0 Å². The van der Waals surface area contributed by atoms with Crippen molar-refractivity contribution in [2.45, 2.75) is 25.9 Å². The summed E-state index contributed by atoms with van der Waals surface area (Å²) in [5.41, 5.74) is 2.73. The Hall–Kier alpha value is -2.24. The van der Waals surface area contributed by atoms with Crippen LogP contribution in [0.4, 0.5) is 0 Å². The minimum absolute atomic E-state index is 0.379. The third kappa shape index (κ3) is 3.18. The standard InChI is InChI=1S/C19H19N3OS/c1-14-17-7-11-24-18(17)6-10-22(14)13-15-4-2-5-16(12-15)23-19-20-8-3-9-21-19/h2-5,7-9,11-12,14H,6,10,13H2,1H3/t14-/m1/s1. The van der Waals surface area contributed by atoms with Gasteiger partial charge in [-0.25, -0.2) is 9.97 Å². The molecule has 2 aromatic heterocycles. The second-order valence-corrected chi connectivity index (χ2v) is 6.98. The van der Waals surface area contributed by atoms with Crippen molar-refractivity contribution in [2.24, 2.45) is 0 Å². The Kier molecular flexibility index (Phi) is 4.28. The van der Waals surface area contributed by atoms with Crippen LogP contribution in [0.25, 0.3) is 0 Å². The average molecular weight is 337 g/mol. The van der Waals surface area contributed by atoms with Crippen LogP contribution in [-0.2, 0) is 13.0 Å². The van der Waals surface area contributed by atoms with Gasteiger partial charge in [-0.05, 0) is 54.1 Å². The van der Waals surface area contributed by atoms with E-state index in [9.17, 15) is 0 Å². The van der Waals surface area contributed by atoms with Crippen LogP contribution in [0, 0.1) is 0 Å². The smallest absolute Gasteiger partial charge is 0.321 e. The molecule has 0 saturated carbocycles. The van der Waals surface area contributed by atoms with Gasteiger partial charge in [-0.2, -0.15) is 0 Å². The molecule has 5 heteroatoms. The van der Waals surface area contributed by atoms with Gasteiger partial charge in [-0.3, -0.25) is 4.90 Å². The number of ether oxygens (including phenoxy) is 1. The molecule has 1 atom stereocenters. The van der Waals surface area contributed by atoms with Crippen molar-refractivity contribution in [1.29, 1.82) is 0 Å². The van der Waals surface area contributed by atoms with Crippen molar-refractivity contribution in [3.63, 3.8) is 0 Å². The molecule has 0 saturated heterocycles. The van der Waals surface area contributed by atoms with Gasteiger partial charge in [0.25, 0.3) is 0 Å². The molecule has 3 heterocycles. The van der Waals surface area contributed by atoms with E-state index in [1.54, 1.807) is 18.5 Å². The van der Waals surface area contributed by atoms with Crippen LogP contribution in [0.5, 0.6) is 11.8 Å². The predicted molar refractivity (Wildman–Crippen MR) is 95.4 cm³/mol. The Morgan fingerprint density at radius 1 is 1.21 bits per heavy atom. The minimum atomic E-state index is 0.379. The third-order valence-corrected chi connectivity index (χ3v) is 5.44. The fourth-order valence-corrected chi connectivity index (χ4v) is 4.13. The van der Waals surface area contributed by atoms with Crippen LogP contribution in [0.15, 0.2) is 54.2 Å². The molecule has 122 valence electrons. The molecule has 4 nitrogen and oxygen atoms in total. The van der Waals surface area contributed by atoms with E-state index in [4.69, 9.17) is 4.74 Å². The Bertz CT molecular complexity index is 818. The van der Waals surface area contributed by atoms with Gasteiger partial charge in [-0.15, -0.1) is 11.3 Å². The molecule has 0 N–H and O–H groups in total. The van der Waals surface area contributed by atoms with Gasteiger partial charge in [-0.1, -0.05) is 12.1 Å². The lowest BCUT2D eigenvalue weighted by atomic mass is 10.0. The Morgan fingerprint density at radius 2 is 2.08 bits per heavy atom. The molecule has 0 fully saturated rings. The van der Waals surface area contributed by atoms with Crippen molar-refractivity contribution in [3.05, 3.63) is 70.2 Å². The molecule has 0 unspecified atom stereocenters. The number of benzene rings is 1. The Labute approximate surface area is 145 Å². The van der Waals surface area contributed by atoms with Crippen molar-refractivity contribution in [1.82, 2.24) is 14.9 Å². The van der Waals surface area contributed by atoms with Gasteiger partial charge >= 0.3 is 6.01 Å². The summed E-state index contributed by atoms with van der Waals surface area (Å²) in [5, 5.41) is 2.21.